The van der Waals surface area contributed by atoms with Crippen LogP contribution in [-0.2, 0) is 11.3 Å². The molecule has 0 aliphatic heterocycles. The van der Waals surface area contributed by atoms with Crippen molar-refractivity contribution < 1.29 is 9.53 Å². The van der Waals surface area contributed by atoms with E-state index in [1.807, 2.05) is 66.7 Å². The molecule has 0 saturated carbocycles. The number of pyridine rings is 1. The molecule has 7 heteroatoms. The molecule has 7 nitrogen and oxygen atoms in total. The molecular formula is C28H23N5O2. The van der Waals surface area contributed by atoms with E-state index in [2.05, 4.69) is 16.9 Å². The van der Waals surface area contributed by atoms with Gasteiger partial charge in [0.25, 0.3) is 5.91 Å². The zero-order valence-electron chi connectivity index (χ0n) is 19.0. The molecule has 172 valence electrons. The van der Waals surface area contributed by atoms with Crippen LogP contribution >= 0.6 is 0 Å². The number of hydrogen-bond acceptors (Lipinski definition) is 5. The first-order valence-corrected chi connectivity index (χ1v) is 11.0. The van der Waals surface area contributed by atoms with Crippen LogP contribution in [0, 0.1) is 11.3 Å². The number of nitriles is 1. The molecule has 35 heavy (non-hydrogen) atoms. The van der Waals surface area contributed by atoms with Crippen molar-refractivity contribution in [3.63, 3.8) is 0 Å². The Kier molecular flexibility index (Phi) is 7.46. The van der Waals surface area contributed by atoms with Gasteiger partial charge in [-0.1, -0.05) is 36.9 Å². The van der Waals surface area contributed by atoms with Gasteiger partial charge in [-0.25, -0.2) is 4.68 Å². The predicted molar refractivity (Wildman–Crippen MR) is 134 cm³/mol. The standard InChI is InChI=1S/C28H23N5O2/c1-2-15-35-26-12-10-22(11-13-26)27-24(20-33(32-27)25-8-4-3-5-9-25)16-23(17-29)28(34)31-19-21-7-6-14-30-18-21/h2-14,16,18,20H,1,15,19H2,(H,31,34)/b23-16+. The molecule has 4 rings (SSSR count). The molecule has 0 aliphatic carbocycles. The Balaban J connectivity index is 1.67. The third kappa shape index (κ3) is 5.89. The number of benzene rings is 2. The van der Waals surface area contributed by atoms with Gasteiger partial charge in [0.15, 0.2) is 0 Å². The fraction of sp³-hybridized carbons (Fsp3) is 0.0714. The minimum atomic E-state index is -0.470. The SMILES string of the molecule is C=CCOc1ccc(-c2nn(-c3ccccc3)cc2/C=C(\C#N)C(=O)NCc2cccnc2)cc1. The number of nitrogens with zero attached hydrogens (tertiary/aromatic N) is 4. The van der Waals surface area contributed by atoms with Crippen LogP contribution in [0.2, 0.25) is 0 Å². The monoisotopic (exact) mass is 461 g/mol. The first-order chi connectivity index (χ1) is 17.2. The summed E-state index contributed by atoms with van der Waals surface area (Å²) >= 11 is 0. The zero-order valence-corrected chi connectivity index (χ0v) is 19.0. The Hall–Kier alpha value is -4.96. The molecule has 0 unspecified atom stereocenters. The van der Waals surface area contributed by atoms with Crippen molar-refractivity contribution in [2.45, 2.75) is 6.54 Å². The van der Waals surface area contributed by atoms with Gasteiger partial charge >= 0.3 is 0 Å². The van der Waals surface area contributed by atoms with Crippen LogP contribution in [0.5, 0.6) is 5.75 Å². The van der Waals surface area contributed by atoms with Crippen LogP contribution in [0.15, 0.2) is 104 Å². The first kappa shape index (κ1) is 23.2. The van der Waals surface area contributed by atoms with Crippen molar-refractivity contribution in [1.82, 2.24) is 20.1 Å². The van der Waals surface area contributed by atoms with Gasteiger partial charge in [0.1, 0.15) is 24.0 Å². The summed E-state index contributed by atoms with van der Waals surface area (Å²) in [5.74, 6) is 0.240. The molecule has 0 spiro atoms. The topological polar surface area (TPSA) is 92.8 Å². The fourth-order valence-electron chi connectivity index (χ4n) is 3.38. The molecule has 2 heterocycles. The Labute approximate surface area is 203 Å². The van der Waals surface area contributed by atoms with Crippen molar-refractivity contribution >= 4 is 12.0 Å². The van der Waals surface area contributed by atoms with Crippen molar-refractivity contribution in [3.05, 3.63) is 115 Å². The Morgan fingerprint density at radius 1 is 1.11 bits per heavy atom. The lowest BCUT2D eigenvalue weighted by molar-refractivity contribution is -0.117. The summed E-state index contributed by atoms with van der Waals surface area (Å²) in [5, 5.41) is 17.2. The lowest BCUT2D eigenvalue weighted by Gasteiger charge is -2.05. The number of aromatic nitrogens is 3. The smallest absolute Gasteiger partial charge is 0.262 e. The minimum absolute atomic E-state index is 0.0197. The quantitative estimate of drug-likeness (QED) is 0.221. The summed E-state index contributed by atoms with van der Waals surface area (Å²) in [6.45, 7) is 4.34. The maximum absolute atomic E-state index is 12.7. The number of para-hydroxylation sites is 1. The average molecular weight is 462 g/mol. The molecule has 2 aromatic carbocycles. The molecule has 0 radical (unpaired) electrons. The van der Waals surface area contributed by atoms with Crippen LogP contribution in [0.4, 0.5) is 0 Å². The van der Waals surface area contributed by atoms with Gasteiger partial charge in [-0.3, -0.25) is 9.78 Å². The van der Waals surface area contributed by atoms with E-state index in [1.54, 1.807) is 41.5 Å². The Morgan fingerprint density at radius 2 is 1.91 bits per heavy atom. The highest BCUT2D eigenvalue weighted by Gasteiger charge is 2.15. The third-order valence-corrected chi connectivity index (χ3v) is 5.10. The largest absolute Gasteiger partial charge is 0.490 e. The molecular weight excluding hydrogens is 438 g/mol. The number of hydrogen-bond donors (Lipinski definition) is 1. The number of rotatable bonds is 9. The average Bonchev–Trinajstić information content (AvgIpc) is 3.34. The molecule has 0 aliphatic rings. The molecule has 4 aromatic rings. The highest BCUT2D eigenvalue weighted by atomic mass is 16.5. The maximum atomic E-state index is 12.7. The van der Waals surface area contributed by atoms with Crippen molar-refractivity contribution in [1.29, 1.82) is 5.26 Å². The van der Waals surface area contributed by atoms with Gasteiger partial charge in [-0.15, -0.1) is 0 Å². The van der Waals surface area contributed by atoms with E-state index in [0.29, 0.717) is 23.6 Å². The highest BCUT2D eigenvalue weighted by Crippen LogP contribution is 2.27. The van der Waals surface area contributed by atoms with E-state index in [9.17, 15) is 10.1 Å². The molecule has 0 bridgehead atoms. The number of carbonyl (C=O) groups excluding carboxylic acids is 1. The van der Waals surface area contributed by atoms with E-state index in [4.69, 9.17) is 9.84 Å². The molecule has 1 amide bonds. The van der Waals surface area contributed by atoms with Crippen LogP contribution in [-0.4, -0.2) is 27.3 Å². The summed E-state index contributed by atoms with van der Waals surface area (Å²) in [5.41, 5.74) is 3.78. The molecule has 1 N–H and O–H groups in total. The van der Waals surface area contributed by atoms with Crippen LogP contribution < -0.4 is 10.1 Å². The number of ether oxygens (including phenoxy) is 1. The van der Waals surface area contributed by atoms with Crippen molar-refractivity contribution in [2.75, 3.05) is 6.61 Å². The summed E-state index contributed by atoms with van der Waals surface area (Å²) in [6.07, 6.45) is 8.37. The molecule has 0 saturated heterocycles. The number of nitrogens with one attached hydrogen (secondary N) is 1. The second-order valence-electron chi connectivity index (χ2n) is 7.55. The van der Waals surface area contributed by atoms with Gasteiger partial charge < -0.3 is 10.1 Å². The highest BCUT2D eigenvalue weighted by molar-refractivity contribution is 6.02. The molecule has 0 fully saturated rings. The third-order valence-electron chi connectivity index (χ3n) is 5.10. The first-order valence-electron chi connectivity index (χ1n) is 11.0. The van der Waals surface area contributed by atoms with E-state index in [1.165, 1.54) is 0 Å². The maximum Gasteiger partial charge on any atom is 0.262 e. The summed E-state index contributed by atoms with van der Waals surface area (Å²) in [4.78, 5) is 16.8. The van der Waals surface area contributed by atoms with Gasteiger partial charge in [-0.2, -0.15) is 10.4 Å². The summed E-state index contributed by atoms with van der Waals surface area (Å²) in [7, 11) is 0. The minimum Gasteiger partial charge on any atom is -0.490 e. The predicted octanol–water partition coefficient (Wildman–Crippen LogP) is 4.72. The number of carbonyl (C=O) groups is 1. The Morgan fingerprint density at radius 3 is 2.60 bits per heavy atom. The second kappa shape index (κ2) is 11.3. The normalized spacial score (nSPS) is 10.9. The van der Waals surface area contributed by atoms with Crippen molar-refractivity contribution in [2.24, 2.45) is 0 Å². The number of amides is 1. The lowest BCUT2D eigenvalue weighted by Crippen LogP contribution is -2.24. The summed E-state index contributed by atoms with van der Waals surface area (Å²) in [6, 6.07) is 22.8. The zero-order chi connectivity index (χ0) is 24.5. The Bertz CT molecular complexity index is 1370. The van der Waals surface area contributed by atoms with Gasteiger partial charge in [0, 0.05) is 36.3 Å². The molecule has 0 atom stereocenters. The van der Waals surface area contributed by atoms with E-state index < -0.39 is 5.91 Å². The molecule has 2 aromatic heterocycles. The van der Waals surface area contributed by atoms with Crippen molar-refractivity contribution in [3.8, 4) is 28.8 Å². The second-order valence-corrected chi connectivity index (χ2v) is 7.55. The van der Waals surface area contributed by atoms with Gasteiger partial charge in [0.2, 0.25) is 0 Å². The summed E-state index contributed by atoms with van der Waals surface area (Å²) < 4.78 is 7.30. The van der Waals surface area contributed by atoms with Crippen LogP contribution in [0.25, 0.3) is 23.0 Å². The van der Waals surface area contributed by atoms with Crippen LogP contribution in [0.3, 0.4) is 0 Å². The van der Waals surface area contributed by atoms with E-state index in [0.717, 1.165) is 16.8 Å². The van der Waals surface area contributed by atoms with Gasteiger partial charge in [-0.05, 0) is 54.1 Å². The fourth-order valence-corrected chi connectivity index (χ4v) is 3.38. The van der Waals surface area contributed by atoms with E-state index >= 15 is 0 Å². The lowest BCUT2D eigenvalue weighted by atomic mass is 10.1. The van der Waals surface area contributed by atoms with Crippen LogP contribution in [0.1, 0.15) is 11.1 Å². The van der Waals surface area contributed by atoms with E-state index in [-0.39, 0.29) is 12.1 Å². The van der Waals surface area contributed by atoms with Gasteiger partial charge in [0.05, 0.1) is 11.4 Å².